The Morgan fingerprint density at radius 2 is 1.71 bits per heavy atom. The van der Waals surface area contributed by atoms with Crippen LogP contribution in [-0.2, 0) is 9.53 Å². The highest BCUT2D eigenvalue weighted by Gasteiger charge is 2.50. The monoisotopic (exact) mass is 198 g/mol. The van der Waals surface area contributed by atoms with Gasteiger partial charge >= 0.3 is 5.97 Å². The number of carbonyl (C=O) groups is 1. The van der Waals surface area contributed by atoms with Crippen LogP contribution < -0.4 is 0 Å². The third kappa shape index (κ3) is 1.45. The van der Waals surface area contributed by atoms with E-state index >= 15 is 0 Å². The fraction of sp³-hybridized carbons (Fsp3) is 0.917. The van der Waals surface area contributed by atoms with Crippen molar-refractivity contribution in [3.8, 4) is 0 Å². The lowest BCUT2D eigenvalue weighted by atomic mass is 9.59. The van der Waals surface area contributed by atoms with E-state index in [9.17, 15) is 4.79 Å². The Labute approximate surface area is 87.0 Å². The number of hydrogen-bond acceptors (Lipinski definition) is 2. The van der Waals surface area contributed by atoms with Gasteiger partial charge in [-0.1, -0.05) is 27.7 Å². The Kier molecular flexibility index (Phi) is 2.68. The van der Waals surface area contributed by atoms with Crippen molar-refractivity contribution >= 4 is 5.97 Å². The average molecular weight is 198 g/mol. The molecule has 2 nitrogen and oxygen atoms in total. The van der Waals surface area contributed by atoms with Gasteiger partial charge in [0, 0.05) is 0 Å². The molecule has 1 fully saturated rings. The van der Waals surface area contributed by atoms with Gasteiger partial charge in [0.25, 0.3) is 0 Å². The molecule has 82 valence electrons. The maximum Gasteiger partial charge on any atom is 0.312 e. The van der Waals surface area contributed by atoms with Crippen LogP contribution in [0.25, 0.3) is 0 Å². The first kappa shape index (κ1) is 11.5. The van der Waals surface area contributed by atoms with Crippen LogP contribution in [0.3, 0.4) is 0 Å². The van der Waals surface area contributed by atoms with Crippen molar-refractivity contribution in [2.75, 3.05) is 6.61 Å². The zero-order valence-corrected chi connectivity index (χ0v) is 10.2. The summed E-state index contributed by atoms with van der Waals surface area (Å²) in [5, 5.41) is 0. The van der Waals surface area contributed by atoms with Crippen molar-refractivity contribution in [2.45, 2.75) is 41.5 Å². The third-order valence-corrected chi connectivity index (χ3v) is 4.59. The van der Waals surface area contributed by atoms with Gasteiger partial charge in [0.15, 0.2) is 0 Å². The minimum absolute atomic E-state index is 0.0139. The van der Waals surface area contributed by atoms with Crippen molar-refractivity contribution in [3.63, 3.8) is 0 Å². The molecule has 0 aromatic rings. The highest BCUT2D eigenvalue weighted by Crippen LogP contribution is 2.49. The predicted molar refractivity (Wildman–Crippen MR) is 56.8 cm³/mol. The minimum Gasteiger partial charge on any atom is -0.465 e. The highest BCUT2D eigenvalue weighted by atomic mass is 16.5. The van der Waals surface area contributed by atoms with E-state index in [1.165, 1.54) is 0 Å². The molecule has 0 aromatic carbocycles. The summed E-state index contributed by atoms with van der Waals surface area (Å²) in [5.74, 6) is 0.873. The van der Waals surface area contributed by atoms with E-state index in [-0.39, 0.29) is 11.4 Å². The van der Waals surface area contributed by atoms with Crippen molar-refractivity contribution in [1.82, 2.24) is 0 Å². The summed E-state index contributed by atoms with van der Waals surface area (Å²) in [7, 11) is 0. The standard InChI is InChI=1S/C12H22O2/c1-8-7-14-10(13)12(5,6)11(3,4)9(8)2/h8-9H,7H2,1-6H3. The molecule has 0 aliphatic carbocycles. The Morgan fingerprint density at radius 1 is 1.21 bits per heavy atom. The van der Waals surface area contributed by atoms with Crippen LogP contribution in [0, 0.1) is 22.7 Å². The van der Waals surface area contributed by atoms with Crippen LogP contribution in [0.1, 0.15) is 41.5 Å². The summed E-state index contributed by atoms with van der Waals surface area (Å²) in [6.07, 6.45) is 0. The third-order valence-electron chi connectivity index (χ3n) is 4.59. The number of ether oxygens (including phenoxy) is 1. The van der Waals surface area contributed by atoms with Gasteiger partial charge in [-0.15, -0.1) is 0 Å². The second kappa shape index (κ2) is 3.25. The van der Waals surface area contributed by atoms with E-state index in [0.717, 1.165) is 0 Å². The molecule has 2 atom stereocenters. The van der Waals surface area contributed by atoms with Gasteiger partial charge < -0.3 is 4.74 Å². The zero-order valence-electron chi connectivity index (χ0n) is 10.2. The van der Waals surface area contributed by atoms with Gasteiger partial charge in [-0.25, -0.2) is 0 Å². The lowest BCUT2D eigenvalue weighted by Crippen LogP contribution is -2.43. The molecular weight excluding hydrogens is 176 g/mol. The van der Waals surface area contributed by atoms with Gasteiger partial charge in [-0.3, -0.25) is 4.79 Å². The van der Waals surface area contributed by atoms with Gasteiger partial charge in [0.1, 0.15) is 0 Å². The first-order valence-electron chi connectivity index (χ1n) is 5.38. The largest absolute Gasteiger partial charge is 0.465 e. The van der Waals surface area contributed by atoms with Crippen molar-refractivity contribution in [3.05, 3.63) is 0 Å². The van der Waals surface area contributed by atoms with Gasteiger partial charge in [0.2, 0.25) is 0 Å². The molecule has 1 aliphatic rings. The van der Waals surface area contributed by atoms with Crippen molar-refractivity contribution in [2.24, 2.45) is 22.7 Å². The fourth-order valence-electron chi connectivity index (χ4n) is 2.08. The number of rotatable bonds is 0. The number of esters is 1. The van der Waals surface area contributed by atoms with E-state index in [1.807, 2.05) is 13.8 Å². The normalized spacial score (nSPS) is 36.0. The van der Waals surface area contributed by atoms with Crippen LogP contribution in [-0.4, -0.2) is 12.6 Å². The summed E-state index contributed by atoms with van der Waals surface area (Å²) in [6.45, 7) is 13.2. The van der Waals surface area contributed by atoms with Crippen molar-refractivity contribution in [1.29, 1.82) is 0 Å². The lowest BCUT2D eigenvalue weighted by Gasteiger charge is -2.42. The first-order chi connectivity index (χ1) is 6.21. The maximum atomic E-state index is 11.8. The molecule has 0 aromatic heterocycles. The maximum absolute atomic E-state index is 11.8. The molecule has 1 rings (SSSR count). The average Bonchev–Trinajstić information content (AvgIpc) is 2.13. The Morgan fingerprint density at radius 3 is 2.21 bits per heavy atom. The molecule has 0 saturated carbocycles. The fourth-order valence-corrected chi connectivity index (χ4v) is 2.08. The van der Waals surface area contributed by atoms with Gasteiger partial charge in [-0.2, -0.15) is 0 Å². The Hall–Kier alpha value is -0.530. The Balaban J connectivity index is 3.12. The Bertz CT molecular complexity index is 241. The summed E-state index contributed by atoms with van der Waals surface area (Å²) in [4.78, 5) is 11.8. The molecule has 1 saturated heterocycles. The number of carbonyl (C=O) groups excluding carboxylic acids is 1. The van der Waals surface area contributed by atoms with Crippen molar-refractivity contribution < 1.29 is 9.53 Å². The molecule has 1 heterocycles. The highest BCUT2D eigenvalue weighted by molar-refractivity contribution is 5.77. The SMILES string of the molecule is CC1COC(=O)C(C)(C)C(C)(C)C1C. The molecule has 1 aliphatic heterocycles. The molecular formula is C12H22O2. The van der Waals surface area contributed by atoms with Crippen LogP contribution >= 0.6 is 0 Å². The van der Waals surface area contributed by atoms with E-state index in [2.05, 4.69) is 27.7 Å². The minimum atomic E-state index is -0.392. The molecule has 2 unspecified atom stereocenters. The first-order valence-corrected chi connectivity index (χ1v) is 5.38. The second-order valence-electron chi connectivity index (χ2n) is 5.71. The molecule has 0 spiro atoms. The van der Waals surface area contributed by atoms with Crippen LogP contribution in [0.4, 0.5) is 0 Å². The molecule has 0 N–H and O–H groups in total. The van der Waals surface area contributed by atoms with Crippen LogP contribution in [0.2, 0.25) is 0 Å². The quantitative estimate of drug-likeness (QED) is 0.559. The summed E-state index contributed by atoms with van der Waals surface area (Å²) in [6, 6.07) is 0. The molecule has 0 amide bonds. The predicted octanol–water partition coefficient (Wildman–Crippen LogP) is 2.87. The second-order valence-corrected chi connectivity index (χ2v) is 5.71. The summed E-state index contributed by atoms with van der Waals surface area (Å²) in [5.41, 5.74) is -0.406. The van der Waals surface area contributed by atoms with Crippen LogP contribution in [0.15, 0.2) is 0 Å². The van der Waals surface area contributed by atoms with E-state index in [1.54, 1.807) is 0 Å². The molecule has 14 heavy (non-hydrogen) atoms. The summed E-state index contributed by atoms with van der Waals surface area (Å²) >= 11 is 0. The lowest BCUT2D eigenvalue weighted by molar-refractivity contribution is -0.158. The molecule has 0 bridgehead atoms. The smallest absolute Gasteiger partial charge is 0.312 e. The van der Waals surface area contributed by atoms with E-state index < -0.39 is 5.41 Å². The molecule has 0 radical (unpaired) electrons. The zero-order chi connectivity index (χ0) is 11.1. The number of hydrogen-bond donors (Lipinski definition) is 0. The number of cyclic esters (lactones) is 1. The van der Waals surface area contributed by atoms with E-state index in [0.29, 0.717) is 18.4 Å². The van der Waals surface area contributed by atoms with Gasteiger partial charge in [-0.05, 0) is 31.1 Å². The van der Waals surface area contributed by atoms with E-state index in [4.69, 9.17) is 4.74 Å². The molecule has 2 heteroatoms. The van der Waals surface area contributed by atoms with Crippen LogP contribution in [0.5, 0.6) is 0 Å². The van der Waals surface area contributed by atoms with Gasteiger partial charge in [0.05, 0.1) is 12.0 Å². The topological polar surface area (TPSA) is 26.3 Å². The summed E-state index contributed by atoms with van der Waals surface area (Å²) < 4.78 is 5.30.